The number of hydrogen-bond acceptors (Lipinski definition) is 9. The van der Waals surface area contributed by atoms with Gasteiger partial charge in [-0.2, -0.15) is 0 Å². The fourth-order valence-electron chi connectivity index (χ4n) is 8.06. The van der Waals surface area contributed by atoms with Crippen LogP contribution in [0.25, 0.3) is 16.9 Å². The number of aromatic nitrogens is 6. The third kappa shape index (κ3) is 12.2. The van der Waals surface area contributed by atoms with E-state index < -0.39 is 24.0 Å². The molecule has 0 bridgehead atoms. The van der Waals surface area contributed by atoms with Crippen molar-refractivity contribution in [2.75, 3.05) is 0 Å². The molecule has 1 aliphatic carbocycles. The zero-order chi connectivity index (χ0) is 41.7. The lowest BCUT2D eigenvalue weighted by Gasteiger charge is -2.32. The fraction of sp³-hybridized carbons (Fsp3) is 0.478. The summed E-state index contributed by atoms with van der Waals surface area (Å²) >= 11 is 0. The van der Waals surface area contributed by atoms with Gasteiger partial charge in [-0.1, -0.05) is 102 Å². The van der Waals surface area contributed by atoms with Gasteiger partial charge in [0.05, 0.1) is 23.6 Å². The summed E-state index contributed by atoms with van der Waals surface area (Å²) in [5, 5.41) is 18.5. The van der Waals surface area contributed by atoms with E-state index in [1.165, 1.54) is 6.42 Å². The molecule has 0 saturated heterocycles. The van der Waals surface area contributed by atoms with Gasteiger partial charge in [-0.25, -0.2) is 4.98 Å². The van der Waals surface area contributed by atoms with E-state index in [2.05, 4.69) is 44.9 Å². The molecule has 0 radical (unpaired) electrons. The van der Waals surface area contributed by atoms with E-state index in [1.807, 2.05) is 85.1 Å². The lowest BCUT2D eigenvalue weighted by atomic mass is 9.82. The molecule has 1 aromatic carbocycles. The van der Waals surface area contributed by atoms with Crippen molar-refractivity contribution in [3.8, 4) is 11.3 Å². The number of nitrogens with two attached hydrogens (primary N) is 1. The summed E-state index contributed by atoms with van der Waals surface area (Å²) in [6.07, 6.45) is 14.6. The van der Waals surface area contributed by atoms with Crippen molar-refractivity contribution in [1.29, 1.82) is 0 Å². The lowest BCUT2D eigenvalue weighted by Crippen LogP contribution is -2.53. The van der Waals surface area contributed by atoms with Gasteiger partial charge in [-0.15, -0.1) is 10.2 Å². The van der Waals surface area contributed by atoms with Crippen LogP contribution in [-0.2, 0) is 33.8 Å². The number of nitrogens with one attached hydrogen (secondary N) is 3. The Morgan fingerprint density at radius 2 is 1.63 bits per heavy atom. The van der Waals surface area contributed by atoms with Gasteiger partial charge >= 0.3 is 0 Å². The first-order valence-corrected chi connectivity index (χ1v) is 21.3. The van der Waals surface area contributed by atoms with Crippen molar-refractivity contribution in [3.05, 3.63) is 108 Å². The summed E-state index contributed by atoms with van der Waals surface area (Å²) in [6, 6.07) is 17.3. The largest absolute Gasteiger partial charge is 0.351 e. The molecule has 0 aliphatic heterocycles. The highest BCUT2D eigenvalue weighted by molar-refractivity contribution is 5.88. The molecule has 1 saturated carbocycles. The minimum atomic E-state index is -0.764. The summed E-state index contributed by atoms with van der Waals surface area (Å²) in [5.74, 6) is -0.325. The smallest absolute Gasteiger partial charge is 0.242 e. The van der Waals surface area contributed by atoms with E-state index in [9.17, 15) is 14.4 Å². The molecule has 0 unspecified atom stereocenters. The number of rotatable bonds is 19. The molecule has 1 aliphatic rings. The SMILES string of the molecule is CC(C)Cc1nc(-c2ccccc2)cn2c([C@H](Cc3cccnc3)C(=O)N[C@@H](CC3CCCCC3)[C@H](N)CC(=O)N[C@@H](CC(C)C)C(=O)NCc3ccccn3)nnc12. The predicted octanol–water partition coefficient (Wildman–Crippen LogP) is 6.13. The fourth-order valence-corrected chi connectivity index (χ4v) is 8.06. The third-order valence-corrected chi connectivity index (χ3v) is 11.1. The minimum absolute atomic E-state index is 0.0639. The Kier molecular flexibility index (Phi) is 15.3. The van der Waals surface area contributed by atoms with Crippen LogP contribution in [0.1, 0.15) is 108 Å². The summed E-state index contributed by atoms with van der Waals surface area (Å²) in [6.45, 7) is 8.56. The summed E-state index contributed by atoms with van der Waals surface area (Å²) in [7, 11) is 0. The van der Waals surface area contributed by atoms with E-state index in [0.717, 1.165) is 53.9 Å². The van der Waals surface area contributed by atoms with Crippen LogP contribution in [0.15, 0.2) is 85.5 Å². The Morgan fingerprint density at radius 1 is 0.847 bits per heavy atom. The van der Waals surface area contributed by atoms with Gasteiger partial charge < -0.3 is 21.7 Å². The van der Waals surface area contributed by atoms with Crippen LogP contribution in [0.3, 0.4) is 0 Å². The number of amides is 3. The lowest BCUT2D eigenvalue weighted by molar-refractivity contribution is -0.130. The minimum Gasteiger partial charge on any atom is -0.351 e. The van der Waals surface area contributed by atoms with Gasteiger partial charge in [0.2, 0.25) is 17.7 Å². The normalized spacial score (nSPS) is 15.4. The average molecular weight is 801 g/mol. The van der Waals surface area contributed by atoms with E-state index in [4.69, 9.17) is 15.8 Å². The number of fused-ring (bicyclic) bond motifs is 1. The molecular formula is C46H60N10O3. The molecule has 312 valence electrons. The zero-order valence-corrected chi connectivity index (χ0v) is 34.9. The van der Waals surface area contributed by atoms with Gasteiger partial charge in [0, 0.05) is 48.9 Å². The Balaban J connectivity index is 1.27. The Labute approximate surface area is 347 Å². The van der Waals surface area contributed by atoms with Crippen molar-refractivity contribution in [3.63, 3.8) is 0 Å². The summed E-state index contributed by atoms with van der Waals surface area (Å²) < 4.78 is 1.92. The maximum absolute atomic E-state index is 14.9. The molecule has 1 fully saturated rings. The number of hydrogen-bond donors (Lipinski definition) is 4. The molecule has 4 heterocycles. The van der Waals surface area contributed by atoms with Gasteiger partial charge in [-0.3, -0.25) is 28.8 Å². The van der Waals surface area contributed by atoms with Crippen LogP contribution in [0.5, 0.6) is 0 Å². The zero-order valence-electron chi connectivity index (χ0n) is 34.9. The van der Waals surface area contributed by atoms with Crippen LogP contribution < -0.4 is 21.7 Å². The van der Waals surface area contributed by atoms with Crippen LogP contribution in [0.2, 0.25) is 0 Å². The second-order valence-corrected chi connectivity index (χ2v) is 16.9. The Hall–Kier alpha value is -5.56. The number of carbonyl (C=O) groups excluding carboxylic acids is 3. The maximum Gasteiger partial charge on any atom is 0.242 e. The molecule has 0 spiro atoms. The van der Waals surface area contributed by atoms with Crippen LogP contribution in [-0.4, -0.2) is 65.4 Å². The summed E-state index contributed by atoms with van der Waals surface area (Å²) in [5.41, 5.74) is 11.7. The molecule has 59 heavy (non-hydrogen) atoms. The number of pyridine rings is 2. The van der Waals surface area contributed by atoms with E-state index >= 15 is 0 Å². The highest BCUT2D eigenvalue weighted by Gasteiger charge is 2.33. The second-order valence-electron chi connectivity index (χ2n) is 16.9. The topological polar surface area (TPSA) is 182 Å². The average Bonchev–Trinajstić information content (AvgIpc) is 3.66. The number of benzene rings is 1. The molecule has 3 amide bonds. The second kappa shape index (κ2) is 20.9. The first kappa shape index (κ1) is 43.0. The van der Waals surface area contributed by atoms with Gasteiger partial charge in [0.15, 0.2) is 5.65 Å². The first-order chi connectivity index (χ1) is 28.5. The quantitative estimate of drug-likeness (QED) is 0.0764. The molecular weight excluding hydrogens is 741 g/mol. The predicted molar refractivity (Wildman–Crippen MR) is 229 cm³/mol. The van der Waals surface area contributed by atoms with Crippen molar-refractivity contribution < 1.29 is 14.4 Å². The van der Waals surface area contributed by atoms with Crippen molar-refractivity contribution in [2.24, 2.45) is 23.5 Å². The maximum atomic E-state index is 14.9. The van der Waals surface area contributed by atoms with Crippen molar-refractivity contribution in [2.45, 2.75) is 122 Å². The van der Waals surface area contributed by atoms with Gasteiger partial charge in [0.25, 0.3) is 0 Å². The van der Waals surface area contributed by atoms with Gasteiger partial charge in [0.1, 0.15) is 17.8 Å². The molecule has 4 atom stereocenters. The molecule has 5 aromatic rings. The summed E-state index contributed by atoms with van der Waals surface area (Å²) in [4.78, 5) is 55.6. The van der Waals surface area contributed by atoms with Crippen LogP contribution in [0, 0.1) is 17.8 Å². The van der Waals surface area contributed by atoms with Crippen LogP contribution in [0.4, 0.5) is 0 Å². The van der Waals surface area contributed by atoms with E-state index in [1.54, 1.807) is 18.6 Å². The standard InChI is InChI=1S/C46H60N10O3/c1-30(2)22-39-44-55-54-43(56(44)29-41(51-39)34-17-9-6-10-18-34)36(24-33-16-13-20-48-27-33)45(58)53-38(25-32-14-7-5-8-15-32)37(47)26-42(57)52-40(23-31(3)4)46(59)50-28-35-19-11-12-21-49-35/h6,9-13,16-21,27,29-32,36-38,40H,5,7-8,14-15,22-26,28,47H2,1-4H3,(H,50,59)(H,52,57)(H,53,58)/t36-,37+,38-,40-/m0/s1. The first-order valence-electron chi connectivity index (χ1n) is 21.3. The third-order valence-electron chi connectivity index (χ3n) is 11.1. The monoisotopic (exact) mass is 800 g/mol. The van der Waals surface area contributed by atoms with Crippen molar-refractivity contribution >= 4 is 23.4 Å². The Bertz CT molecular complexity index is 2100. The molecule has 5 N–H and O–H groups in total. The molecule has 13 nitrogen and oxygen atoms in total. The van der Waals surface area contributed by atoms with E-state index in [-0.39, 0.29) is 36.6 Å². The van der Waals surface area contributed by atoms with Crippen molar-refractivity contribution in [1.82, 2.24) is 45.5 Å². The molecule has 13 heteroatoms. The molecule has 6 rings (SSSR count). The van der Waals surface area contributed by atoms with Crippen LogP contribution >= 0.6 is 0 Å². The van der Waals surface area contributed by atoms with Gasteiger partial charge in [-0.05, 0) is 67.2 Å². The highest BCUT2D eigenvalue weighted by Crippen LogP contribution is 2.30. The Morgan fingerprint density at radius 3 is 2.32 bits per heavy atom. The highest BCUT2D eigenvalue weighted by atomic mass is 16.2. The number of nitrogens with zero attached hydrogens (tertiary/aromatic N) is 6. The number of carbonyl (C=O) groups is 3. The molecule has 4 aromatic heterocycles. The van der Waals surface area contributed by atoms with E-state index in [0.29, 0.717) is 49.0 Å².